The van der Waals surface area contributed by atoms with Crippen molar-refractivity contribution in [3.8, 4) is 0 Å². The molecule has 0 heterocycles. The molecule has 2 rings (SSSR count). The van der Waals surface area contributed by atoms with Crippen molar-refractivity contribution in [2.45, 2.75) is 6.92 Å². The largest absolute Gasteiger partial charge is 0.350 e. The quantitative estimate of drug-likeness (QED) is 0.668. The molecular formula is C13H10ClFN2O2. The Hall–Kier alpha value is -2.14. The molecule has 0 aromatic heterocycles. The summed E-state index contributed by atoms with van der Waals surface area (Å²) in [7, 11) is 0. The minimum absolute atomic E-state index is 0.0413. The molecule has 0 fully saturated rings. The smallest absolute Gasteiger partial charge is 0.292 e. The Labute approximate surface area is 114 Å². The molecular weight excluding hydrogens is 271 g/mol. The number of nitrogens with zero attached hydrogens (tertiary/aromatic N) is 1. The molecule has 6 heteroatoms. The van der Waals surface area contributed by atoms with Gasteiger partial charge in [0.25, 0.3) is 5.69 Å². The zero-order chi connectivity index (χ0) is 14.0. The van der Waals surface area contributed by atoms with Crippen molar-refractivity contribution in [1.29, 1.82) is 0 Å². The van der Waals surface area contributed by atoms with Gasteiger partial charge in [-0.25, -0.2) is 4.39 Å². The van der Waals surface area contributed by atoms with Gasteiger partial charge in [-0.1, -0.05) is 17.7 Å². The summed E-state index contributed by atoms with van der Waals surface area (Å²) in [5.41, 5.74) is 1.56. The highest BCUT2D eigenvalue weighted by Gasteiger charge is 2.14. The molecule has 98 valence electrons. The Morgan fingerprint density at radius 1 is 1.26 bits per heavy atom. The fraction of sp³-hybridized carbons (Fsp3) is 0.0769. The lowest BCUT2D eigenvalue weighted by Gasteiger charge is -2.08. The minimum Gasteiger partial charge on any atom is -0.350 e. The number of benzene rings is 2. The number of nitrogens with one attached hydrogen (secondary N) is 1. The topological polar surface area (TPSA) is 55.2 Å². The predicted octanol–water partition coefficient (Wildman–Crippen LogP) is 4.44. The summed E-state index contributed by atoms with van der Waals surface area (Å²) in [5.74, 6) is -0.536. The maximum absolute atomic E-state index is 13.0. The molecule has 0 saturated carbocycles. The molecule has 2 aromatic rings. The number of rotatable bonds is 3. The van der Waals surface area contributed by atoms with Crippen LogP contribution in [0, 0.1) is 22.9 Å². The van der Waals surface area contributed by atoms with E-state index in [9.17, 15) is 14.5 Å². The average Bonchev–Trinajstić information content (AvgIpc) is 2.36. The summed E-state index contributed by atoms with van der Waals surface area (Å²) in [5, 5.41) is 13.8. The molecule has 0 atom stereocenters. The van der Waals surface area contributed by atoms with E-state index in [1.165, 1.54) is 24.3 Å². The Bertz CT molecular complexity index is 647. The van der Waals surface area contributed by atoms with Gasteiger partial charge in [-0.05, 0) is 36.8 Å². The zero-order valence-corrected chi connectivity index (χ0v) is 10.7. The lowest BCUT2D eigenvalue weighted by Crippen LogP contribution is -1.97. The van der Waals surface area contributed by atoms with E-state index in [1.807, 2.05) is 0 Å². The van der Waals surface area contributed by atoms with Crippen molar-refractivity contribution < 1.29 is 9.31 Å². The summed E-state index contributed by atoms with van der Waals surface area (Å²) in [6.07, 6.45) is 0. The maximum atomic E-state index is 13.0. The predicted molar refractivity (Wildman–Crippen MR) is 72.5 cm³/mol. The van der Waals surface area contributed by atoms with Crippen LogP contribution in [-0.2, 0) is 0 Å². The third kappa shape index (κ3) is 3.00. The summed E-state index contributed by atoms with van der Waals surface area (Å²) in [6.45, 7) is 1.77. The second-order valence-electron chi connectivity index (χ2n) is 4.03. The number of halogens is 2. The maximum Gasteiger partial charge on any atom is 0.292 e. The van der Waals surface area contributed by atoms with Crippen molar-refractivity contribution in [3.63, 3.8) is 0 Å². The molecule has 0 spiro atoms. The molecule has 0 saturated heterocycles. The van der Waals surface area contributed by atoms with E-state index < -0.39 is 10.7 Å². The van der Waals surface area contributed by atoms with E-state index >= 15 is 0 Å². The van der Waals surface area contributed by atoms with Crippen molar-refractivity contribution in [2.24, 2.45) is 0 Å². The second-order valence-corrected chi connectivity index (χ2v) is 4.44. The number of hydrogen-bond donors (Lipinski definition) is 1. The molecule has 0 bridgehead atoms. The molecule has 0 aliphatic rings. The van der Waals surface area contributed by atoms with Crippen LogP contribution >= 0.6 is 11.6 Å². The van der Waals surface area contributed by atoms with Crippen LogP contribution in [0.2, 0.25) is 5.02 Å². The summed E-state index contributed by atoms with van der Waals surface area (Å²) in [4.78, 5) is 10.5. The van der Waals surface area contributed by atoms with Crippen LogP contribution in [0.15, 0.2) is 36.4 Å². The summed E-state index contributed by atoms with van der Waals surface area (Å²) in [6, 6.07) is 8.86. The van der Waals surface area contributed by atoms with Crippen molar-refractivity contribution in [1.82, 2.24) is 0 Å². The van der Waals surface area contributed by atoms with E-state index in [2.05, 4.69) is 5.32 Å². The Morgan fingerprint density at radius 3 is 2.63 bits per heavy atom. The first kappa shape index (κ1) is 13.3. The summed E-state index contributed by atoms with van der Waals surface area (Å²) < 4.78 is 13.0. The number of aryl methyl sites for hydroxylation is 1. The molecule has 0 unspecified atom stereocenters. The molecule has 4 nitrogen and oxygen atoms in total. The van der Waals surface area contributed by atoms with Crippen LogP contribution in [0.4, 0.5) is 21.5 Å². The van der Waals surface area contributed by atoms with Crippen LogP contribution in [0.1, 0.15) is 5.56 Å². The van der Waals surface area contributed by atoms with Crippen molar-refractivity contribution >= 4 is 28.7 Å². The van der Waals surface area contributed by atoms with E-state index in [-0.39, 0.29) is 10.7 Å². The van der Waals surface area contributed by atoms with Crippen LogP contribution in [0.3, 0.4) is 0 Å². The van der Waals surface area contributed by atoms with Gasteiger partial charge >= 0.3 is 0 Å². The van der Waals surface area contributed by atoms with Crippen molar-refractivity contribution in [3.05, 3.63) is 62.9 Å². The van der Waals surface area contributed by atoms with Crippen LogP contribution in [0.5, 0.6) is 0 Å². The molecule has 2 aromatic carbocycles. The third-order valence-electron chi connectivity index (χ3n) is 2.55. The molecule has 0 aliphatic carbocycles. The fourth-order valence-corrected chi connectivity index (χ4v) is 1.81. The van der Waals surface area contributed by atoms with E-state index in [0.29, 0.717) is 11.4 Å². The van der Waals surface area contributed by atoms with Gasteiger partial charge in [0.15, 0.2) is 0 Å². The first-order valence-corrected chi connectivity index (χ1v) is 5.82. The van der Waals surface area contributed by atoms with Crippen LogP contribution < -0.4 is 5.32 Å². The van der Waals surface area contributed by atoms with Gasteiger partial charge in [0.05, 0.1) is 9.95 Å². The van der Waals surface area contributed by atoms with E-state index in [0.717, 1.165) is 5.56 Å². The first-order chi connectivity index (χ1) is 8.97. The first-order valence-electron chi connectivity index (χ1n) is 5.44. The zero-order valence-electron chi connectivity index (χ0n) is 9.98. The molecule has 19 heavy (non-hydrogen) atoms. The monoisotopic (exact) mass is 280 g/mol. The van der Waals surface area contributed by atoms with Crippen LogP contribution in [-0.4, -0.2) is 4.92 Å². The second kappa shape index (κ2) is 5.24. The van der Waals surface area contributed by atoms with E-state index in [1.54, 1.807) is 19.1 Å². The highest BCUT2D eigenvalue weighted by molar-refractivity contribution is 6.31. The van der Waals surface area contributed by atoms with Gasteiger partial charge < -0.3 is 5.32 Å². The molecule has 0 amide bonds. The average molecular weight is 281 g/mol. The number of anilines is 2. The van der Waals surface area contributed by atoms with Gasteiger partial charge in [0.2, 0.25) is 0 Å². The highest BCUT2D eigenvalue weighted by atomic mass is 35.5. The van der Waals surface area contributed by atoms with Gasteiger partial charge in [-0.15, -0.1) is 0 Å². The van der Waals surface area contributed by atoms with Gasteiger partial charge in [0.1, 0.15) is 11.5 Å². The minimum atomic E-state index is -0.536. The lowest BCUT2D eigenvalue weighted by atomic mass is 10.2. The number of hydrogen-bond acceptors (Lipinski definition) is 3. The Kier molecular flexibility index (Phi) is 3.66. The molecule has 1 N–H and O–H groups in total. The standard InChI is InChI=1S/C13H10ClFN2O2/c1-8-2-5-12(13(6-8)17(18)19)16-9-3-4-11(15)10(14)7-9/h2-7,16H,1H3. The Morgan fingerprint density at radius 2 is 2.00 bits per heavy atom. The van der Waals surface area contributed by atoms with Crippen molar-refractivity contribution in [2.75, 3.05) is 5.32 Å². The SMILES string of the molecule is Cc1ccc(Nc2ccc(F)c(Cl)c2)c([N+](=O)[O-])c1. The van der Waals surface area contributed by atoms with Gasteiger partial charge in [0, 0.05) is 11.8 Å². The third-order valence-corrected chi connectivity index (χ3v) is 2.84. The normalized spacial score (nSPS) is 10.3. The van der Waals surface area contributed by atoms with Gasteiger partial charge in [-0.3, -0.25) is 10.1 Å². The molecule has 0 aliphatic heterocycles. The van der Waals surface area contributed by atoms with Crippen LogP contribution in [0.25, 0.3) is 0 Å². The fourth-order valence-electron chi connectivity index (χ4n) is 1.63. The van der Waals surface area contributed by atoms with Gasteiger partial charge in [-0.2, -0.15) is 0 Å². The Balaban J connectivity index is 2.37. The molecule has 0 radical (unpaired) electrons. The highest BCUT2D eigenvalue weighted by Crippen LogP contribution is 2.29. The lowest BCUT2D eigenvalue weighted by molar-refractivity contribution is -0.384. The van der Waals surface area contributed by atoms with E-state index in [4.69, 9.17) is 11.6 Å². The number of nitro benzene ring substituents is 1. The number of nitro groups is 1. The summed E-state index contributed by atoms with van der Waals surface area (Å²) >= 11 is 5.66.